The van der Waals surface area contributed by atoms with Crippen LogP contribution in [0.15, 0.2) is 47.6 Å². The van der Waals surface area contributed by atoms with Gasteiger partial charge in [0.15, 0.2) is 0 Å². The molecule has 0 spiro atoms. The van der Waals surface area contributed by atoms with Crippen molar-refractivity contribution in [2.24, 2.45) is 5.10 Å². The normalized spacial score (nSPS) is 11.3. The molecule has 0 heterocycles. The van der Waals surface area contributed by atoms with Gasteiger partial charge in [0, 0.05) is 17.8 Å². The van der Waals surface area contributed by atoms with Crippen molar-refractivity contribution < 1.29 is 9.59 Å². The van der Waals surface area contributed by atoms with Crippen LogP contribution in [0.4, 0.5) is 5.69 Å². The largest absolute Gasteiger partial charge is 0.326 e. The van der Waals surface area contributed by atoms with Crippen molar-refractivity contribution in [2.45, 2.75) is 26.7 Å². The number of hydrogen-bond acceptors (Lipinski definition) is 3. The molecule has 0 unspecified atom stereocenters. The number of fused-ring (bicyclic) bond motifs is 1. The van der Waals surface area contributed by atoms with E-state index in [-0.39, 0.29) is 18.2 Å². The molecule has 0 fully saturated rings. The third-order valence-corrected chi connectivity index (χ3v) is 3.14. The van der Waals surface area contributed by atoms with Crippen molar-refractivity contribution in [3.8, 4) is 0 Å². The summed E-state index contributed by atoms with van der Waals surface area (Å²) in [5.74, 6) is -0.337. The zero-order valence-electron chi connectivity index (χ0n) is 12.7. The van der Waals surface area contributed by atoms with E-state index in [2.05, 4.69) is 15.8 Å². The van der Waals surface area contributed by atoms with Crippen molar-refractivity contribution >= 4 is 34.0 Å². The van der Waals surface area contributed by atoms with Crippen LogP contribution in [0.1, 0.15) is 26.7 Å². The van der Waals surface area contributed by atoms with Crippen LogP contribution in [0.2, 0.25) is 0 Å². The van der Waals surface area contributed by atoms with Crippen LogP contribution in [-0.2, 0) is 9.59 Å². The van der Waals surface area contributed by atoms with Gasteiger partial charge in [-0.15, -0.1) is 0 Å². The Morgan fingerprint density at radius 2 is 1.77 bits per heavy atom. The molecule has 0 saturated carbocycles. The zero-order chi connectivity index (χ0) is 15.9. The summed E-state index contributed by atoms with van der Waals surface area (Å²) in [5, 5.41) is 8.91. The lowest BCUT2D eigenvalue weighted by atomic mass is 10.1. The van der Waals surface area contributed by atoms with Gasteiger partial charge < -0.3 is 5.32 Å². The molecule has 114 valence electrons. The summed E-state index contributed by atoms with van der Waals surface area (Å²) in [6.07, 6.45) is 0.497. The molecule has 22 heavy (non-hydrogen) atoms. The maximum atomic E-state index is 12.0. The maximum Gasteiger partial charge on any atom is 0.239 e. The molecule has 2 amide bonds. The molecule has 2 aromatic carbocycles. The molecule has 2 N–H and O–H groups in total. The Hall–Kier alpha value is -2.69. The van der Waals surface area contributed by atoms with Gasteiger partial charge >= 0.3 is 0 Å². The van der Waals surface area contributed by atoms with E-state index in [1.807, 2.05) is 42.5 Å². The van der Waals surface area contributed by atoms with Crippen LogP contribution < -0.4 is 10.7 Å². The zero-order valence-corrected chi connectivity index (χ0v) is 12.7. The first-order chi connectivity index (χ1) is 10.6. The van der Waals surface area contributed by atoms with Crippen molar-refractivity contribution in [2.75, 3.05) is 5.32 Å². The average molecular weight is 297 g/mol. The van der Waals surface area contributed by atoms with Gasteiger partial charge in [-0.1, -0.05) is 37.3 Å². The second-order valence-electron chi connectivity index (χ2n) is 5.02. The Balaban J connectivity index is 1.97. The average Bonchev–Trinajstić information content (AvgIpc) is 2.52. The van der Waals surface area contributed by atoms with E-state index in [4.69, 9.17) is 0 Å². The molecule has 0 aromatic heterocycles. The maximum absolute atomic E-state index is 12.0. The minimum atomic E-state index is -0.172. The molecule has 0 bridgehead atoms. The van der Waals surface area contributed by atoms with Crippen molar-refractivity contribution in [1.82, 2.24) is 5.43 Å². The lowest BCUT2D eigenvalue weighted by Crippen LogP contribution is -2.20. The Bertz CT molecular complexity index is 723. The minimum Gasteiger partial charge on any atom is -0.326 e. The third kappa shape index (κ3) is 4.41. The van der Waals surface area contributed by atoms with E-state index in [0.717, 1.165) is 16.5 Å². The van der Waals surface area contributed by atoms with E-state index in [1.54, 1.807) is 13.8 Å². The standard InChI is InChI=1S/C17H19N3O2/c1-3-16(21)20-19-12(2)10-17(22)18-15-9-8-13-6-4-5-7-14(13)11-15/h4-9,11H,3,10H2,1-2H3,(H,18,22)(H,20,21). The number of benzene rings is 2. The number of carbonyl (C=O) groups excluding carboxylic acids is 2. The fourth-order valence-corrected chi connectivity index (χ4v) is 1.98. The highest BCUT2D eigenvalue weighted by Gasteiger charge is 2.06. The topological polar surface area (TPSA) is 70.6 Å². The summed E-state index contributed by atoms with van der Waals surface area (Å²) in [6, 6.07) is 13.7. The molecule has 0 aliphatic heterocycles. The Labute approximate surface area is 129 Å². The number of hydrogen-bond donors (Lipinski definition) is 2. The number of anilines is 1. The van der Waals surface area contributed by atoms with Crippen molar-refractivity contribution in [1.29, 1.82) is 0 Å². The summed E-state index contributed by atoms with van der Waals surface area (Å²) in [7, 11) is 0. The number of nitrogens with one attached hydrogen (secondary N) is 2. The summed E-state index contributed by atoms with van der Waals surface area (Å²) < 4.78 is 0. The van der Waals surface area contributed by atoms with Crippen LogP contribution >= 0.6 is 0 Å². The quantitative estimate of drug-likeness (QED) is 0.657. The van der Waals surface area contributed by atoms with Gasteiger partial charge in [0.1, 0.15) is 0 Å². The number of nitrogens with zero attached hydrogens (tertiary/aromatic N) is 1. The highest BCUT2D eigenvalue weighted by Crippen LogP contribution is 2.18. The highest BCUT2D eigenvalue weighted by atomic mass is 16.2. The molecule has 0 radical (unpaired) electrons. The molecule has 2 rings (SSSR count). The van der Waals surface area contributed by atoms with Crippen LogP contribution in [0.5, 0.6) is 0 Å². The molecule has 2 aromatic rings. The van der Waals surface area contributed by atoms with Gasteiger partial charge in [0.25, 0.3) is 0 Å². The second kappa shape index (κ2) is 7.36. The predicted molar refractivity (Wildman–Crippen MR) is 88.7 cm³/mol. The molecule has 0 aliphatic carbocycles. The number of rotatable bonds is 5. The van der Waals surface area contributed by atoms with E-state index in [0.29, 0.717) is 12.1 Å². The predicted octanol–water partition coefficient (Wildman–Crippen LogP) is 3.07. The van der Waals surface area contributed by atoms with Crippen LogP contribution in [0, 0.1) is 0 Å². The summed E-state index contributed by atoms with van der Waals surface area (Å²) in [5.41, 5.74) is 3.69. The van der Waals surface area contributed by atoms with Gasteiger partial charge in [-0.05, 0) is 29.8 Å². The molecule has 5 nitrogen and oxygen atoms in total. The molecular weight excluding hydrogens is 278 g/mol. The van der Waals surface area contributed by atoms with Crippen LogP contribution in [0.25, 0.3) is 10.8 Å². The van der Waals surface area contributed by atoms with Gasteiger partial charge in [-0.25, -0.2) is 5.43 Å². The van der Waals surface area contributed by atoms with E-state index < -0.39 is 0 Å². The van der Waals surface area contributed by atoms with Crippen molar-refractivity contribution in [3.05, 3.63) is 42.5 Å². The lowest BCUT2D eigenvalue weighted by molar-refractivity contribution is -0.121. The first kappa shape index (κ1) is 15.7. The lowest BCUT2D eigenvalue weighted by Gasteiger charge is -2.07. The highest BCUT2D eigenvalue weighted by molar-refractivity contribution is 6.06. The monoisotopic (exact) mass is 297 g/mol. The number of hydrazone groups is 1. The van der Waals surface area contributed by atoms with E-state index >= 15 is 0 Å². The van der Waals surface area contributed by atoms with Crippen LogP contribution in [-0.4, -0.2) is 17.5 Å². The third-order valence-electron chi connectivity index (χ3n) is 3.14. The molecular formula is C17H19N3O2. The first-order valence-electron chi connectivity index (χ1n) is 7.19. The Morgan fingerprint density at radius 1 is 1.05 bits per heavy atom. The van der Waals surface area contributed by atoms with E-state index in [1.165, 1.54) is 0 Å². The van der Waals surface area contributed by atoms with Crippen LogP contribution in [0.3, 0.4) is 0 Å². The number of amides is 2. The fraction of sp³-hybridized carbons (Fsp3) is 0.235. The number of carbonyl (C=O) groups is 2. The smallest absolute Gasteiger partial charge is 0.239 e. The summed E-state index contributed by atoms with van der Waals surface area (Å²) in [4.78, 5) is 23.1. The Morgan fingerprint density at radius 3 is 2.50 bits per heavy atom. The molecule has 0 saturated heterocycles. The van der Waals surface area contributed by atoms with Gasteiger partial charge in [-0.2, -0.15) is 5.10 Å². The van der Waals surface area contributed by atoms with Gasteiger partial charge in [0.2, 0.25) is 11.8 Å². The summed E-state index contributed by atoms with van der Waals surface area (Å²) >= 11 is 0. The molecule has 5 heteroatoms. The fourth-order valence-electron chi connectivity index (χ4n) is 1.98. The van der Waals surface area contributed by atoms with Gasteiger partial charge in [-0.3, -0.25) is 9.59 Å². The minimum absolute atomic E-state index is 0.136. The Kier molecular flexibility index (Phi) is 5.25. The second-order valence-corrected chi connectivity index (χ2v) is 5.02. The SMILES string of the molecule is CCC(=O)NN=C(C)CC(=O)Nc1ccc2ccccc2c1. The van der Waals surface area contributed by atoms with E-state index in [9.17, 15) is 9.59 Å². The first-order valence-corrected chi connectivity index (χ1v) is 7.19. The van der Waals surface area contributed by atoms with Gasteiger partial charge in [0.05, 0.1) is 6.42 Å². The molecule has 0 aliphatic rings. The van der Waals surface area contributed by atoms with Crippen molar-refractivity contribution in [3.63, 3.8) is 0 Å². The molecule has 0 atom stereocenters. The summed E-state index contributed by atoms with van der Waals surface area (Å²) in [6.45, 7) is 3.45.